The Balaban J connectivity index is 2.00. The fourth-order valence-corrected chi connectivity index (χ4v) is 2.43. The summed E-state index contributed by atoms with van der Waals surface area (Å²) in [4.78, 5) is 24.6. The molecule has 0 saturated carbocycles. The molecule has 0 heterocycles. The van der Waals surface area contributed by atoms with Gasteiger partial charge in [-0.15, -0.1) is 0 Å². The van der Waals surface area contributed by atoms with E-state index in [1.165, 1.54) is 0 Å². The summed E-state index contributed by atoms with van der Waals surface area (Å²) in [6.07, 6.45) is 1.70. The maximum atomic E-state index is 12.4. The van der Waals surface area contributed by atoms with E-state index in [0.717, 1.165) is 12.8 Å². The van der Waals surface area contributed by atoms with Crippen molar-refractivity contribution in [3.63, 3.8) is 0 Å². The first-order chi connectivity index (χ1) is 14.1. The van der Waals surface area contributed by atoms with Gasteiger partial charge in [0, 0.05) is 11.1 Å². The van der Waals surface area contributed by atoms with Crippen LogP contribution >= 0.6 is 0 Å². The topological polar surface area (TPSA) is 85.9 Å². The molecule has 0 radical (unpaired) electrons. The highest BCUT2D eigenvalue weighted by Crippen LogP contribution is 2.28. The molecular formula is C22H28N2O5. The van der Waals surface area contributed by atoms with E-state index in [-0.39, 0.29) is 0 Å². The molecule has 2 aromatic rings. The monoisotopic (exact) mass is 400 g/mol. The molecule has 0 aromatic heterocycles. The molecule has 156 valence electrons. The first-order valence-electron chi connectivity index (χ1n) is 9.82. The van der Waals surface area contributed by atoms with Gasteiger partial charge in [0.05, 0.1) is 19.8 Å². The standard InChI is InChI=1S/C22H28N2O5/c1-4-13-28-19-12-9-17(15-20(19)29-14-5-2)22(26)24-23-21(25)16-7-10-18(11-8-16)27-6-3/h7-12,15H,4-6,13-14H2,1-3H3,(H,23,25)(H,24,26). The number of benzene rings is 2. The Kier molecular flexibility index (Phi) is 8.82. The SMILES string of the molecule is CCCOc1ccc(C(=O)NNC(=O)c2ccc(OCC)cc2)cc1OCCC. The van der Waals surface area contributed by atoms with Gasteiger partial charge < -0.3 is 14.2 Å². The van der Waals surface area contributed by atoms with Crippen LogP contribution in [0.5, 0.6) is 17.2 Å². The molecule has 7 heteroatoms. The van der Waals surface area contributed by atoms with Gasteiger partial charge in [-0.25, -0.2) is 0 Å². The van der Waals surface area contributed by atoms with Crippen molar-refractivity contribution in [3.8, 4) is 17.2 Å². The lowest BCUT2D eigenvalue weighted by molar-refractivity contribution is 0.0846. The molecule has 0 spiro atoms. The molecule has 0 atom stereocenters. The Bertz CT molecular complexity index is 805. The second kappa shape index (κ2) is 11.6. The van der Waals surface area contributed by atoms with Crippen LogP contribution < -0.4 is 25.1 Å². The molecule has 0 fully saturated rings. The van der Waals surface area contributed by atoms with Crippen LogP contribution in [0.15, 0.2) is 42.5 Å². The largest absolute Gasteiger partial charge is 0.494 e. The summed E-state index contributed by atoms with van der Waals surface area (Å²) in [7, 11) is 0. The van der Waals surface area contributed by atoms with Crippen LogP contribution in [0.1, 0.15) is 54.3 Å². The van der Waals surface area contributed by atoms with Gasteiger partial charge in [0.15, 0.2) is 11.5 Å². The lowest BCUT2D eigenvalue weighted by atomic mass is 10.2. The molecule has 29 heavy (non-hydrogen) atoms. The van der Waals surface area contributed by atoms with Crippen LogP contribution in [0.2, 0.25) is 0 Å². The van der Waals surface area contributed by atoms with E-state index in [4.69, 9.17) is 14.2 Å². The maximum absolute atomic E-state index is 12.4. The molecular weight excluding hydrogens is 372 g/mol. The molecule has 2 amide bonds. The van der Waals surface area contributed by atoms with Gasteiger partial charge in [-0.3, -0.25) is 20.4 Å². The van der Waals surface area contributed by atoms with Crippen molar-refractivity contribution >= 4 is 11.8 Å². The predicted octanol–water partition coefficient (Wildman–Crippen LogP) is 3.74. The number of hydrazine groups is 1. The van der Waals surface area contributed by atoms with Crippen LogP contribution in [0.4, 0.5) is 0 Å². The summed E-state index contributed by atoms with van der Waals surface area (Å²) in [6, 6.07) is 11.6. The summed E-state index contributed by atoms with van der Waals surface area (Å²) in [5.41, 5.74) is 5.59. The van der Waals surface area contributed by atoms with Gasteiger partial charge in [-0.05, 0) is 62.2 Å². The van der Waals surface area contributed by atoms with E-state index < -0.39 is 11.8 Å². The number of hydrogen-bond donors (Lipinski definition) is 2. The highest BCUT2D eigenvalue weighted by Gasteiger charge is 2.13. The van der Waals surface area contributed by atoms with Gasteiger partial charge in [-0.1, -0.05) is 13.8 Å². The van der Waals surface area contributed by atoms with Crippen molar-refractivity contribution in [3.05, 3.63) is 53.6 Å². The fraction of sp³-hybridized carbons (Fsp3) is 0.364. The number of amides is 2. The van der Waals surface area contributed by atoms with Crippen molar-refractivity contribution < 1.29 is 23.8 Å². The third-order valence-corrected chi connectivity index (χ3v) is 3.85. The number of rotatable bonds is 10. The van der Waals surface area contributed by atoms with Gasteiger partial charge in [0.2, 0.25) is 0 Å². The third kappa shape index (κ3) is 6.71. The molecule has 0 aliphatic carbocycles. The fourth-order valence-electron chi connectivity index (χ4n) is 2.43. The second-order valence-electron chi connectivity index (χ2n) is 6.22. The molecule has 2 aromatic carbocycles. The van der Waals surface area contributed by atoms with Gasteiger partial charge >= 0.3 is 0 Å². The molecule has 0 unspecified atom stereocenters. The van der Waals surface area contributed by atoms with Crippen molar-refractivity contribution in [2.24, 2.45) is 0 Å². The number of carbonyl (C=O) groups is 2. The summed E-state index contributed by atoms with van der Waals surface area (Å²) in [5, 5.41) is 0. The quantitative estimate of drug-likeness (QED) is 0.594. The maximum Gasteiger partial charge on any atom is 0.269 e. The van der Waals surface area contributed by atoms with E-state index in [2.05, 4.69) is 10.9 Å². The molecule has 0 aliphatic rings. The lowest BCUT2D eigenvalue weighted by Crippen LogP contribution is -2.41. The van der Waals surface area contributed by atoms with Gasteiger partial charge in [-0.2, -0.15) is 0 Å². The van der Waals surface area contributed by atoms with Gasteiger partial charge in [0.25, 0.3) is 11.8 Å². The van der Waals surface area contributed by atoms with Gasteiger partial charge in [0.1, 0.15) is 5.75 Å². The first kappa shape index (κ1) is 22.1. The van der Waals surface area contributed by atoms with E-state index in [1.807, 2.05) is 20.8 Å². The van der Waals surface area contributed by atoms with Crippen LogP contribution in [-0.2, 0) is 0 Å². The Morgan fingerprint density at radius 2 is 1.28 bits per heavy atom. The summed E-state index contributed by atoms with van der Waals surface area (Å²) in [6.45, 7) is 7.53. The first-order valence-corrected chi connectivity index (χ1v) is 9.82. The number of ether oxygens (including phenoxy) is 3. The zero-order valence-electron chi connectivity index (χ0n) is 17.1. The summed E-state index contributed by atoms with van der Waals surface area (Å²) < 4.78 is 16.7. The second-order valence-corrected chi connectivity index (χ2v) is 6.22. The minimum absolute atomic E-state index is 0.354. The predicted molar refractivity (Wildman–Crippen MR) is 111 cm³/mol. The van der Waals surface area contributed by atoms with Crippen LogP contribution in [0.25, 0.3) is 0 Å². The van der Waals surface area contributed by atoms with E-state index in [1.54, 1.807) is 42.5 Å². The molecule has 0 saturated heterocycles. The average molecular weight is 400 g/mol. The smallest absolute Gasteiger partial charge is 0.269 e. The van der Waals surface area contributed by atoms with Crippen molar-refractivity contribution in [1.29, 1.82) is 0 Å². The molecule has 0 aliphatic heterocycles. The Morgan fingerprint density at radius 1 is 0.724 bits per heavy atom. The lowest BCUT2D eigenvalue weighted by Gasteiger charge is -2.14. The zero-order chi connectivity index (χ0) is 21.1. The van der Waals surface area contributed by atoms with Crippen molar-refractivity contribution in [2.45, 2.75) is 33.6 Å². The highest BCUT2D eigenvalue weighted by atomic mass is 16.5. The Labute approximate surface area is 171 Å². The molecule has 0 bridgehead atoms. The van der Waals surface area contributed by atoms with Crippen LogP contribution in [0, 0.1) is 0 Å². The molecule has 7 nitrogen and oxygen atoms in total. The number of carbonyl (C=O) groups excluding carboxylic acids is 2. The van der Waals surface area contributed by atoms with Crippen molar-refractivity contribution in [2.75, 3.05) is 19.8 Å². The average Bonchev–Trinajstić information content (AvgIpc) is 2.75. The molecule has 2 N–H and O–H groups in total. The third-order valence-electron chi connectivity index (χ3n) is 3.85. The number of nitrogens with one attached hydrogen (secondary N) is 2. The van der Waals surface area contributed by atoms with Crippen LogP contribution in [0.3, 0.4) is 0 Å². The van der Waals surface area contributed by atoms with Crippen molar-refractivity contribution in [1.82, 2.24) is 10.9 Å². The normalized spacial score (nSPS) is 10.2. The highest BCUT2D eigenvalue weighted by molar-refractivity contribution is 5.99. The zero-order valence-corrected chi connectivity index (χ0v) is 17.1. The van der Waals surface area contributed by atoms with E-state index in [9.17, 15) is 9.59 Å². The molecule has 2 rings (SSSR count). The van der Waals surface area contributed by atoms with Crippen LogP contribution in [-0.4, -0.2) is 31.6 Å². The summed E-state index contributed by atoms with van der Waals surface area (Å²) in [5.74, 6) is 0.901. The number of hydrogen-bond acceptors (Lipinski definition) is 5. The van der Waals surface area contributed by atoms with E-state index in [0.29, 0.717) is 48.2 Å². The minimum Gasteiger partial charge on any atom is -0.494 e. The Hall–Kier alpha value is -3.22. The summed E-state index contributed by atoms with van der Waals surface area (Å²) >= 11 is 0. The van der Waals surface area contributed by atoms with E-state index >= 15 is 0 Å². The Morgan fingerprint density at radius 3 is 1.86 bits per heavy atom. The minimum atomic E-state index is -0.451.